The van der Waals surface area contributed by atoms with Crippen molar-refractivity contribution in [1.82, 2.24) is 4.90 Å². The van der Waals surface area contributed by atoms with Crippen LogP contribution in [-0.4, -0.2) is 31.3 Å². The van der Waals surface area contributed by atoms with Crippen molar-refractivity contribution in [3.8, 4) is 0 Å². The van der Waals surface area contributed by atoms with Gasteiger partial charge in [0.2, 0.25) is 0 Å². The number of nitrogens with zero attached hydrogens (tertiary/aromatic N) is 1. The second-order valence-electron chi connectivity index (χ2n) is 3.61. The Balaban J connectivity index is 0.00000225. The molecule has 0 aromatic heterocycles. The molecule has 16 heavy (non-hydrogen) atoms. The second kappa shape index (κ2) is 6.55. The van der Waals surface area contributed by atoms with Gasteiger partial charge in [0.15, 0.2) is 17.4 Å². The zero-order valence-corrected chi connectivity index (χ0v) is 9.98. The number of hydrogen-bond donors (Lipinski definition) is 0. The number of halogens is 3. The van der Waals surface area contributed by atoms with Gasteiger partial charge in [-0.2, -0.15) is 0 Å². The van der Waals surface area contributed by atoms with Crippen molar-refractivity contribution in [2.45, 2.75) is 6.42 Å². The summed E-state index contributed by atoms with van der Waals surface area (Å²) in [5.41, 5.74) is 0.218. The third-order valence-electron chi connectivity index (χ3n) is 2.03. The van der Waals surface area contributed by atoms with Crippen LogP contribution in [0.15, 0.2) is 18.2 Å². The summed E-state index contributed by atoms with van der Waals surface area (Å²) in [4.78, 5) is 13.4. The van der Waals surface area contributed by atoms with Crippen LogP contribution in [0.2, 0.25) is 0 Å². The molecule has 0 heterocycles. The van der Waals surface area contributed by atoms with Crippen molar-refractivity contribution in [3.63, 3.8) is 0 Å². The minimum absolute atomic E-state index is 0. The van der Waals surface area contributed by atoms with E-state index < -0.39 is 11.6 Å². The third-order valence-corrected chi connectivity index (χ3v) is 2.03. The maximum Gasteiger partial charge on any atom is 0.164 e. The molecule has 0 saturated carbocycles. The number of Topliss-reactive ketones (excluding diaryl/α,β-unsaturated/α-hetero) is 1. The summed E-state index contributed by atoms with van der Waals surface area (Å²) in [5.74, 6) is -2.09. The summed E-state index contributed by atoms with van der Waals surface area (Å²) in [7, 11) is 3.69. The Morgan fingerprint density at radius 3 is 2.38 bits per heavy atom. The van der Waals surface area contributed by atoms with Crippen LogP contribution in [0.4, 0.5) is 8.78 Å². The van der Waals surface area contributed by atoms with Gasteiger partial charge >= 0.3 is 0 Å². The predicted octanol–water partition coefficient (Wildman–Crippen LogP) is 2.52. The molecule has 0 atom stereocenters. The highest BCUT2D eigenvalue weighted by molar-refractivity contribution is 5.96. The van der Waals surface area contributed by atoms with Gasteiger partial charge in [0.25, 0.3) is 0 Å². The van der Waals surface area contributed by atoms with Gasteiger partial charge in [-0.15, -0.1) is 12.4 Å². The molecular weight excluding hydrogens is 236 g/mol. The van der Waals surface area contributed by atoms with Crippen LogP contribution >= 0.6 is 12.4 Å². The summed E-state index contributed by atoms with van der Waals surface area (Å²) in [5, 5.41) is 0. The summed E-state index contributed by atoms with van der Waals surface area (Å²) in [6.07, 6.45) is 0.304. The van der Waals surface area contributed by atoms with Crippen molar-refractivity contribution >= 4 is 18.2 Å². The van der Waals surface area contributed by atoms with Gasteiger partial charge < -0.3 is 4.90 Å². The normalized spacial score (nSPS) is 10.1. The van der Waals surface area contributed by atoms with Crippen LogP contribution in [0.1, 0.15) is 16.8 Å². The lowest BCUT2D eigenvalue weighted by Gasteiger charge is -2.08. The van der Waals surface area contributed by atoms with E-state index in [4.69, 9.17) is 0 Å². The van der Waals surface area contributed by atoms with Crippen molar-refractivity contribution < 1.29 is 13.6 Å². The molecule has 0 unspecified atom stereocenters. The van der Waals surface area contributed by atoms with E-state index in [1.54, 1.807) is 0 Å². The fourth-order valence-electron chi connectivity index (χ4n) is 1.14. The molecule has 0 saturated heterocycles. The molecule has 90 valence electrons. The van der Waals surface area contributed by atoms with Crippen LogP contribution in [-0.2, 0) is 0 Å². The van der Waals surface area contributed by atoms with E-state index in [0.29, 0.717) is 13.0 Å². The highest BCUT2D eigenvalue weighted by Crippen LogP contribution is 2.10. The number of hydrogen-bond acceptors (Lipinski definition) is 2. The molecule has 0 aliphatic rings. The Hall–Kier alpha value is -1.00. The van der Waals surface area contributed by atoms with E-state index in [1.807, 2.05) is 19.0 Å². The van der Waals surface area contributed by atoms with Crippen LogP contribution in [0.3, 0.4) is 0 Å². The molecule has 1 aromatic carbocycles. The fraction of sp³-hybridized carbons (Fsp3) is 0.364. The first-order valence-corrected chi connectivity index (χ1v) is 4.63. The van der Waals surface area contributed by atoms with Crippen molar-refractivity contribution in [1.29, 1.82) is 0 Å². The highest BCUT2D eigenvalue weighted by Gasteiger charge is 2.09. The quantitative estimate of drug-likeness (QED) is 0.765. The predicted molar refractivity (Wildman–Crippen MR) is 61.1 cm³/mol. The molecule has 0 fully saturated rings. The van der Waals surface area contributed by atoms with E-state index in [9.17, 15) is 13.6 Å². The molecule has 0 spiro atoms. The first-order chi connectivity index (χ1) is 7.00. The third kappa shape index (κ3) is 4.24. The van der Waals surface area contributed by atoms with Crippen LogP contribution in [0.5, 0.6) is 0 Å². The number of carbonyl (C=O) groups excluding carboxylic acids is 1. The van der Waals surface area contributed by atoms with Gasteiger partial charge in [0.05, 0.1) is 0 Å². The van der Waals surface area contributed by atoms with E-state index in [0.717, 1.165) is 12.1 Å². The lowest BCUT2D eigenvalue weighted by molar-refractivity contribution is 0.0972. The van der Waals surface area contributed by atoms with E-state index in [1.165, 1.54) is 6.07 Å². The largest absolute Gasteiger partial charge is 0.309 e. The number of rotatable bonds is 4. The van der Waals surface area contributed by atoms with Crippen LogP contribution < -0.4 is 0 Å². The topological polar surface area (TPSA) is 20.3 Å². The van der Waals surface area contributed by atoms with Gasteiger partial charge in [-0.1, -0.05) is 0 Å². The molecule has 1 aromatic rings. The standard InChI is InChI=1S/C11H13F2NO.ClH/c1-14(2)6-5-11(15)8-3-4-9(12)10(13)7-8;/h3-4,7H,5-6H2,1-2H3;1H. The number of carbonyl (C=O) groups is 1. The molecular formula is C11H14ClF2NO. The van der Waals surface area contributed by atoms with Gasteiger partial charge in [-0.05, 0) is 32.3 Å². The maximum atomic E-state index is 12.8. The zero-order valence-electron chi connectivity index (χ0n) is 9.17. The van der Waals surface area contributed by atoms with E-state index >= 15 is 0 Å². The molecule has 0 amide bonds. The Kier molecular flexibility index (Phi) is 6.14. The first-order valence-electron chi connectivity index (χ1n) is 4.63. The first kappa shape index (κ1) is 15.0. The monoisotopic (exact) mass is 249 g/mol. The van der Waals surface area contributed by atoms with Gasteiger partial charge in [0, 0.05) is 18.5 Å². The molecule has 0 aliphatic heterocycles. The van der Waals surface area contributed by atoms with E-state index in [2.05, 4.69) is 0 Å². The average Bonchev–Trinajstić information content (AvgIpc) is 2.18. The number of ketones is 1. The molecule has 0 aliphatic carbocycles. The Bertz CT molecular complexity index is 369. The Morgan fingerprint density at radius 2 is 1.88 bits per heavy atom. The maximum absolute atomic E-state index is 12.8. The van der Waals surface area contributed by atoms with Crippen molar-refractivity contribution in [2.75, 3.05) is 20.6 Å². The lowest BCUT2D eigenvalue weighted by Crippen LogP contribution is -2.16. The molecule has 2 nitrogen and oxygen atoms in total. The summed E-state index contributed by atoms with van der Waals surface area (Å²) < 4.78 is 25.4. The molecule has 0 N–H and O–H groups in total. The Labute approximate surface area is 99.7 Å². The van der Waals surface area contributed by atoms with E-state index in [-0.39, 0.29) is 23.8 Å². The second-order valence-corrected chi connectivity index (χ2v) is 3.61. The lowest BCUT2D eigenvalue weighted by atomic mass is 10.1. The van der Waals surface area contributed by atoms with Crippen LogP contribution in [0, 0.1) is 11.6 Å². The van der Waals surface area contributed by atoms with Gasteiger partial charge in [-0.25, -0.2) is 8.78 Å². The minimum atomic E-state index is -0.981. The van der Waals surface area contributed by atoms with Gasteiger partial charge in [-0.3, -0.25) is 4.79 Å². The van der Waals surface area contributed by atoms with Gasteiger partial charge in [0.1, 0.15) is 0 Å². The Morgan fingerprint density at radius 1 is 1.25 bits per heavy atom. The average molecular weight is 250 g/mol. The zero-order chi connectivity index (χ0) is 11.4. The summed E-state index contributed by atoms with van der Waals surface area (Å²) in [6, 6.07) is 3.21. The minimum Gasteiger partial charge on any atom is -0.309 e. The van der Waals surface area contributed by atoms with Crippen molar-refractivity contribution in [2.24, 2.45) is 0 Å². The molecule has 0 radical (unpaired) electrons. The van der Waals surface area contributed by atoms with Crippen molar-refractivity contribution in [3.05, 3.63) is 35.4 Å². The summed E-state index contributed by atoms with van der Waals surface area (Å²) >= 11 is 0. The van der Waals surface area contributed by atoms with Crippen LogP contribution in [0.25, 0.3) is 0 Å². The molecule has 5 heteroatoms. The fourth-order valence-corrected chi connectivity index (χ4v) is 1.14. The SMILES string of the molecule is CN(C)CCC(=O)c1ccc(F)c(F)c1.Cl. The molecule has 1 rings (SSSR count). The molecule has 0 bridgehead atoms. The summed E-state index contributed by atoms with van der Waals surface area (Å²) in [6.45, 7) is 0.595. The highest BCUT2D eigenvalue weighted by atomic mass is 35.5. The number of benzene rings is 1. The smallest absolute Gasteiger partial charge is 0.164 e.